The molecule has 2 heterocycles. The van der Waals surface area contributed by atoms with Gasteiger partial charge in [-0.05, 0) is 24.3 Å². The topological polar surface area (TPSA) is 89.9 Å². The van der Waals surface area contributed by atoms with Crippen LogP contribution in [0.15, 0.2) is 70.7 Å². The Hall–Kier alpha value is -3.39. The molecule has 0 bridgehead atoms. The third-order valence-electron chi connectivity index (χ3n) is 4.17. The molecule has 0 aliphatic heterocycles. The standard InChI is InChI=1S/C20H16N4O3S/c1-27-15-9-7-14(8-10-15)24-18-16(11-21-24)19(26)23-20(22-18)28-12-17(25)13-5-3-2-4-6-13/h2-11H,12H2,1H3,(H,22,23,26). The van der Waals surface area contributed by atoms with E-state index < -0.39 is 0 Å². The fourth-order valence-corrected chi connectivity index (χ4v) is 3.47. The molecular weight excluding hydrogens is 376 g/mol. The number of thioether (sulfide) groups is 1. The molecule has 0 saturated heterocycles. The number of benzene rings is 2. The van der Waals surface area contributed by atoms with Crippen LogP contribution in [0.3, 0.4) is 0 Å². The molecule has 4 aromatic rings. The summed E-state index contributed by atoms with van der Waals surface area (Å²) in [4.78, 5) is 31.9. The van der Waals surface area contributed by atoms with Crippen LogP contribution in [0.4, 0.5) is 0 Å². The van der Waals surface area contributed by atoms with Crippen LogP contribution in [0.5, 0.6) is 5.75 Å². The maximum Gasteiger partial charge on any atom is 0.262 e. The number of rotatable bonds is 6. The van der Waals surface area contributed by atoms with Gasteiger partial charge in [-0.25, -0.2) is 9.67 Å². The number of aromatic amines is 1. The zero-order chi connectivity index (χ0) is 19.5. The summed E-state index contributed by atoms with van der Waals surface area (Å²) >= 11 is 1.19. The Bertz CT molecular complexity index is 1180. The van der Waals surface area contributed by atoms with Gasteiger partial charge in [0.25, 0.3) is 5.56 Å². The second kappa shape index (κ2) is 7.69. The first-order valence-corrected chi connectivity index (χ1v) is 9.48. The predicted molar refractivity (Wildman–Crippen MR) is 108 cm³/mol. The Morgan fingerprint density at radius 1 is 1.14 bits per heavy atom. The average molecular weight is 392 g/mol. The minimum Gasteiger partial charge on any atom is -0.497 e. The molecule has 0 saturated carbocycles. The van der Waals surface area contributed by atoms with E-state index in [1.165, 1.54) is 18.0 Å². The predicted octanol–water partition coefficient (Wildman–Crippen LogP) is 3.09. The number of hydrogen-bond donors (Lipinski definition) is 1. The van der Waals surface area contributed by atoms with E-state index in [1.54, 1.807) is 23.9 Å². The van der Waals surface area contributed by atoms with Gasteiger partial charge in [-0.15, -0.1) is 0 Å². The van der Waals surface area contributed by atoms with E-state index in [2.05, 4.69) is 15.1 Å². The highest BCUT2D eigenvalue weighted by atomic mass is 32.2. The van der Waals surface area contributed by atoms with Crippen molar-refractivity contribution in [3.63, 3.8) is 0 Å². The lowest BCUT2D eigenvalue weighted by molar-refractivity contribution is 0.102. The van der Waals surface area contributed by atoms with E-state index in [-0.39, 0.29) is 17.1 Å². The lowest BCUT2D eigenvalue weighted by Crippen LogP contribution is -2.11. The molecule has 0 unspecified atom stereocenters. The van der Waals surface area contributed by atoms with Crippen molar-refractivity contribution in [2.45, 2.75) is 5.16 Å². The molecule has 0 radical (unpaired) electrons. The SMILES string of the molecule is COc1ccc(-n2ncc3c(=O)[nH]c(SCC(=O)c4ccccc4)nc32)cc1. The Morgan fingerprint density at radius 3 is 2.61 bits per heavy atom. The Morgan fingerprint density at radius 2 is 1.89 bits per heavy atom. The number of fused-ring (bicyclic) bond motifs is 1. The Labute approximate surface area is 164 Å². The summed E-state index contributed by atoms with van der Waals surface area (Å²) in [6, 6.07) is 16.3. The molecule has 28 heavy (non-hydrogen) atoms. The number of H-pyrrole nitrogens is 1. The lowest BCUT2D eigenvalue weighted by Gasteiger charge is -2.06. The number of hydrogen-bond acceptors (Lipinski definition) is 6. The molecule has 0 spiro atoms. The van der Waals surface area contributed by atoms with E-state index >= 15 is 0 Å². The van der Waals surface area contributed by atoms with Crippen LogP contribution in [-0.4, -0.2) is 38.4 Å². The van der Waals surface area contributed by atoms with Crippen molar-refractivity contribution in [2.75, 3.05) is 12.9 Å². The van der Waals surface area contributed by atoms with Gasteiger partial charge in [0.15, 0.2) is 16.6 Å². The summed E-state index contributed by atoms with van der Waals surface area (Å²) in [5, 5.41) is 5.04. The summed E-state index contributed by atoms with van der Waals surface area (Å²) < 4.78 is 6.76. The molecule has 0 fully saturated rings. The largest absolute Gasteiger partial charge is 0.497 e. The monoisotopic (exact) mass is 392 g/mol. The highest BCUT2D eigenvalue weighted by molar-refractivity contribution is 7.99. The molecule has 1 N–H and O–H groups in total. The number of Topliss-reactive ketones (excluding diaryl/α,β-unsaturated/α-hetero) is 1. The van der Waals surface area contributed by atoms with Crippen LogP contribution in [0, 0.1) is 0 Å². The summed E-state index contributed by atoms with van der Waals surface area (Å²) in [6.45, 7) is 0. The molecule has 0 amide bonds. The first-order chi connectivity index (χ1) is 13.7. The number of carbonyl (C=O) groups is 1. The summed E-state index contributed by atoms with van der Waals surface area (Å²) in [7, 11) is 1.60. The molecular formula is C20H16N4O3S. The highest BCUT2D eigenvalue weighted by Gasteiger charge is 2.13. The van der Waals surface area contributed by atoms with Gasteiger partial charge in [0, 0.05) is 5.56 Å². The van der Waals surface area contributed by atoms with Gasteiger partial charge >= 0.3 is 0 Å². The number of aromatic nitrogens is 4. The van der Waals surface area contributed by atoms with Crippen LogP contribution in [0.1, 0.15) is 10.4 Å². The van der Waals surface area contributed by atoms with Crippen molar-refractivity contribution in [3.8, 4) is 11.4 Å². The van der Waals surface area contributed by atoms with Crippen molar-refractivity contribution < 1.29 is 9.53 Å². The Balaban J connectivity index is 1.63. The van der Waals surface area contributed by atoms with Gasteiger partial charge in [0.1, 0.15) is 11.1 Å². The maximum absolute atomic E-state index is 12.4. The summed E-state index contributed by atoms with van der Waals surface area (Å²) in [5.74, 6) is 0.869. The summed E-state index contributed by atoms with van der Waals surface area (Å²) in [6.07, 6.45) is 1.48. The molecule has 0 atom stereocenters. The molecule has 2 aromatic carbocycles. The van der Waals surface area contributed by atoms with Crippen molar-refractivity contribution in [2.24, 2.45) is 0 Å². The first kappa shape index (κ1) is 18.0. The molecule has 7 nitrogen and oxygen atoms in total. The number of carbonyl (C=O) groups excluding carboxylic acids is 1. The van der Waals surface area contributed by atoms with Crippen LogP contribution < -0.4 is 10.3 Å². The number of ketones is 1. The average Bonchev–Trinajstić information content (AvgIpc) is 3.17. The maximum atomic E-state index is 12.4. The number of methoxy groups -OCH3 is 1. The van der Waals surface area contributed by atoms with Crippen molar-refractivity contribution >= 4 is 28.6 Å². The third kappa shape index (κ3) is 3.54. The van der Waals surface area contributed by atoms with E-state index in [0.29, 0.717) is 21.8 Å². The van der Waals surface area contributed by atoms with Gasteiger partial charge in [0.05, 0.1) is 24.7 Å². The van der Waals surface area contributed by atoms with E-state index in [9.17, 15) is 9.59 Å². The normalized spacial score (nSPS) is 10.9. The van der Waals surface area contributed by atoms with Crippen molar-refractivity contribution in [1.82, 2.24) is 19.7 Å². The van der Waals surface area contributed by atoms with Crippen LogP contribution in [-0.2, 0) is 0 Å². The van der Waals surface area contributed by atoms with Crippen molar-refractivity contribution in [1.29, 1.82) is 0 Å². The fraction of sp³-hybridized carbons (Fsp3) is 0.100. The number of ether oxygens (including phenoxy) is 1. The van der Waals surface area contributed by atoms with Gasteiger partial charge in [-0.3, -0.25) is 9.59 Å². The summed E-state index contributed by atoms with van der Waals surface area (Å²) in [5.41, 5.74) is 1.52. The third-order valence-corrected chi connectivity index (χ3v) is 5.04. The zero-order valence-electron chi connectivity index (χ0n) is 15.0. The van der Waals surface area contributed by atoms with E-state index in [0.717, 1.165) is 11.4 Å². The van der Waals surface area contributed by atoms with Crippen LogP contribution in [0.25, 0.3) is 16.7 Å². The number of nitrogens with zero attached hydrogens (tertiary/aromatic N) is 3. The smallest absolute Gasteiger partial charge is 0.262 e. The van der Waals surface area contributed by atoms with Gasteiger partial charge in [0.2, 0.25) is 0 Å². The van der Waals surface area contributed by atoms with Crippen LogP contribution in [0.2, 0.25) is 0 Å². The fourth-order valence-electron chi connectivity index (χ4n) is 2.72. The van der Waals surface area contributed by atoms with Gasteiger partial charge in [-0.1, -0.05) is 42.1 Å². The molecule has 2 aromatic heterocycles. The van der Waals surface area contributed by atoms with Crippen LogP contribution >= 0.6 is 11.8 Å². The highest BCUT2D eigenvalue weighted by Crippen LogP contribution is 2.20. The molecule has 0 aliphatic carbocycles. The second-order valence-electron chi connectivity index (χ2n) is 5.94. The van der Waals surface area contributed by atoms with Gasteiger partial charge in [-0.2, -0.15) is 5.10 Å². The molecule has 8 heteroatoms. The number of nitrogens with one attached hydrogen (secondary N) is 1. The van der Waals surface area contributed by atoms with E-state index in [1.807, 2.05) is 42.5 Å². The van der Waals surface area contributed by atoms with Crippen molar-refractivity contribution in [3.05, 3.63) is 76.7 Å². The molecule has 0 aliphatic rings. The minimum atomic E-state index is -0.292. The quantitative estimate of drug-likeness (QED) is 0.308. The van der Waals surface area contributed by atoms with E-state index in [4.69, 9.17) is 4.74 Å². The first-order valence-electron chi connectivity index (χ1n) is 8.49. The molecule has 4 rings (SSSR count). The minimum absolute atomic E-state index is 0.0305. The lowest BCUT2D eigenvalue weighted by atomic mass is 10.2. The molecule has 140 valence electrons. The zero-order valence-corrected chi connectivity index (χ0v) is 15.8. The second-order valence-corrected chi connectivity index (χ2v) is 6.90. The Kier molecular flexibility index (Phi) is 4.94. The van der Waals surface area contributed by atoms with Gasteiger partial charge < -0.3 is 9.72 Å².